The molecular formula is C56H38N2O2S. The summed E-state index contributed by atoms with van der Waals surface area (Å²) in [6, 6.07) is 66.7. The molecule has 9 aromatic rings. The molecule has 1 spiro atoms. The summed E-state index contributed by atoms with van der Waals surface area (Å²) < 4.78 is 30.7. The van der Waals surface area contributed by atoms with E-state index < -0.39 is 20.7 Å². The molecule has 290 valence electrons. The second-order valence-corrected chi connectivity index (χ2v) is 18.7. The fourth-order valence-corrected chi connectivity index (χ4v) is 12.3. The highest BCUT2D eigenvalue weighted by Gasteiger charge is 2.53. The molecule has 0 N–H and O–H groups in total. The van der Waals surface area contributed by atoms with Gasteiger partial charge in [0.2, 0.25) is 9.84 Å². The average Bonchev–Trinajstić information content (AvgIpc) is 3.47. The van der Waals surface area contributed by atoms with Crippen LogP contribution in [0.25, 0.3) is 67.3 Å². The molecule has 0 fully saturated rings. The van der Waals surface area contributed by atoms with Gasteiger partial charge in [-0.25, -0.2) is 18.4 Å². The van der Waals surface area contributed by atoms with E-state index in [0.717, 1.165) is 89.3 Å². The van der Waals surface area contributed by atoms with E-state index in [1.807, 2.05) is 72.8 Å². The van der Waals surface area contributed by atoms with E-state index in [4.69, 9.17) is 9.97 Å². The van der Waals surface area contributed by atoms with Gasteiger partial charge in [0, 0.05) is 22.1 Å². The van der Waals surface area contributed by atoms with Gasteiger partial charge in [-0.15, -0.1) is 0 Å². The van der Waals surface area contributed by atoms with Crippen LogP contribution in [0.15, 0.2) is 204 Å². The highest BCUT2D eigenvalue weighted by molar-refractivity contribution is 7.91. The number of nitrogens with zero attached hydrogens (tertiary/aromatic N) is 2. The normalized spacial score (nSPS) is 16.8. The summed E-state index contributed by atoms with van der Waals surface area (Å²) in [5.41, 5.74) is 15.2. The first-order chi connectivity index (χ1) is 29.8. The molecule has 0 saturated heterocycles. The Balaban J connectivity index is 1.24. The summed E-state index contributed by atoms with van der Waals surface area (Å²) in [7, 11) is -3.98. The van der Waals surface area contributed by atoms with Crippen LogP contribution in [-0.4, -0.2) is 18.4 Å². The Labute approximate surface area is 355 Å². The van der Waals surface area contributed by atoms with Crippen LogP contribution in [0.1, 0.15) is 47.2 Å². The Kier molecular flexibility index (Phi) is 7.55. The van der Waals surface area contributed by atoms with Gasteiger partial charge in [0.15, 0.2) is 5.82 Å². The molecule has 0 radical (unpaired) electrons. The van der Waals surface area contributed by atoms with E-state index in [0.29, 0.717) is 15.6 Å². The zero-order chi connectivity index (χ0) is 41.1. The summed E-state index contributed by atoms with van der Waals surface area (Å²) >= 11 is 0. The van der Waals surface area contributed by atoms with E-state index in [1.165, 1.54) is 5.56 Å². The molecule has 2 heterocycles. The summed E-state index contributed by atoms with van der Waals surface area (Å²) in [5, 5.41) is 0. The lowest BCUT2D eigenvalue weighted by atomic mass is 9.62. The number of fused-ring (bicyclic) bond motifs is 14. The lowest BCUT2D eigenvalue weighted by Crippen LogP contribution is -2.38. The maximum atomic E-state index is 15.3. The smallest absolute Gasteiger partial charge is 0.207 e. The van der Waals surface area contributed by atoms with Crippen molar-refractivity contribution in [2.45, 2.75) is 34.5 Å². The Morgan fingerprint density at radius 1 is 0.361 bits per heavy atom. The largest absolute Gasteiger partial charge is 0.228 e. The minimum atomic E-state index is -3.98. The summed E-state index contributed by atoms with van der Waals surface area (Å²) in [6.45, 7) is 4.41. The van der Waals surface area contributed by atoms with Gasteiger partial charge in [-0.2, -0.15) is 0 Å². The van der Waals surface area contributed by atoms with E-state index in [9.17, 15) is 0 Å². The molecule has 12 rings (SSSR count). The molecule has 1 aromatic heterocycles. The molecule has 1 atom stereocenters. The molecule has 2 aliphatic carbocycles. The van der Waals surface area contributed by atoms with Crippen LogP contribution >= 0.6 is 0 Å². The molecule has 1 unspecified atom stereocenters. The van der Waals surface area contributed by atoms with Crippen molar-refractivity contribution in [3.63, 3.8) is 0 Å². The molecule has 4 nitrogen and oxygen atoms in total. The summed E-state index contributed by atoms with van der Waals surface area (Å²) in [4.78, 5) is 11.1. The first-order valence-electron chi connectivity index (χ1n) is 20.7. The van der Waals surface area contributed by atoms with Crippen LogP contribution in [0.5, 0.6) is 0 Å². The fourth-order valence-electron chi connectivity index (χ4n) is 10.6. The molecule has 61 heavy (non-hydrogen) atoms. The minimum absolute atomic E-state index is 0.327. The number of hydrogen-bond donors (Lipinski definition) is 0. The lowest BCUT2D eigenvalue weighted by molar-refractivity contribution is 0.577. The number of benzene rings is 8. The molecule has 8 aromatic carbocycles. The molecule has 5 heteroatoms. The van der Waals surface area contributed by atoms with Crippen LogP contribution in [-0.2, 0) is 20.7 Å². The molecule has 3 aliphatic rings. The van der Waals surface area contributed by atoms with E-state index >= 15 is 8.42 Å². The summed E-state index contributed by atoms with van der Waals surface area (Å²) in [6.07, 6.45) is 0. The van der Waals surface area contributed by atoms with Crippen molar-refractivity contribution >= 4 is 9.84 Å². The van der Waals surface area contributed by atoms with Crippen molar-refractivity contribution in [3.8, 4) is 67.3 Å². The van der Waals surface area contributed by atoms with Crippen molar-refractivity contribution in [1.29, 1.82) is 0 Å². The molecule has 0 bridgehead atoms. The highest BCUT2D eigenvalue weighted by atomic mass is 32.2. The number of aromatic nitrogens is 2. The Hall–Kier alpha value is -7.21. The van der Waals surface area contributed by atoms with Crippen LogP contribution in [0.3, 0.4) is 0 Å². The number of rotatable bonds is 3. The highest BCUT2D eigenvalue weighted by Crippen LogP contribution is 2.62. The second kappa shape index (κ2) is 12.9. The van der Waals surface area contributed by atoms with Gasteiger partial charge in [0.05, 0.1) is 26.6 Å². The van der Waals surface area contributed by atoms with Gasteiger partial charge in [-0.1, -0.05) is 178 Å². The first kappa shape index (κ1) is 35.7. The van der Waals surface area contributed by atoms with Crippen molar-refractivity contribution in [3.05, 3.63) is 228 Å². The van der Waals surface area contributed by atoms with Gasteiger partial charge in [0.1, 0.15) is 0 Å². The number of hydrogen-bond acceptors (Lipinski definition) is 4. The monoisotopic (exact) mass is 802 g/mol. The van der Waals surface area contributed by atoms with Gasteiger partial charge < -0.3 is 0 Å². The molecule has 0 amide bonds. The maximum absolute atomic E-state index is 15.3. The average molecular weight is 803 g/mol. The van der Waals surface area contributed by atoms with E-state index in [-0.39, 0.29) is 0 Å². The van der Waals surface area contributed by atoms with Crippen molar-refractivity contribution in [2.75, 3.05) is 0 Å². The second-order valence-electron chi connectivity index (χ2n) is 16.9. The Morgan fingerprint density at radius 2 is 0.885 bits per heavy atom. The third-order valence-corrected chi connectivity index (χ3v) is 15.2. The first-order valence-corrected chi connectivity index (χ1v) is 22.2. The van der Waals surface area contributed by atoms with Gasteiger partial charge >= 0.3 is 0 Å². The van der Waals surface area contributed by atoms with Crippen LogP contribution in [0.2, 0.25) is 0 Å². The molecule has 0 saturated carbocycles. The molecular weight excluding hydrogens is 765 g/mol. The minimum Gasteiger partial charge on any atom is -0.228 e. The number of sulfone groups is 1. The Morgan fingerprint density at radius 3 is 1.57 bits per heavy atom. The lowest BCUT2D eigenvalue weighted by Gasteiger charge is -2.43. The van der Waals surface area contributed by atoms with Gasteiger partial charge in [0.25, 0.3) is 0 Å². The predicted molar refractivity (Wildman–Crippen MR) is 244 cm³/mol. The van der Waals surface area contributed by atoms with Crippen molar-refractivity contribution in [1.82, 2.24) is 9.97 Å². The zero-order valence-electron chi connectivity index (χ0n) is 33.6. The quantitative estimate of drug-likeness (QED) is 0.178. The van der Waals surface area contributed by atoms with Gasteiger partial charge in [-0.05, 0) is 97.1 Å². The predicted octanol–water partition coefficient (Wildman–Crippen LogP) is 13.0. The topological polar surface area (TPSA) is 59.9 Å². The van der Waals surface area contributed by atoms with Gasteiger partial charge in [-0.3, -0.25) is 0 Å². The fraction of sp³-hybridized carbons (Fsp3) is 0.0714. The standard InChI is InChI=1S/C56H38N2O2S/c1-55(2)44-25-13-11-24-41(44)43-32-49-53(33-47(43)55)61(59,60)52-28-16-15-27-46(52)56(49)45-26-14-12-23-40(45)38-21-9-10-22-39(38)42-30-29-37(31-48(42)56)51-34-50(35-17-5-3-6-18-35)57-54(58-51)36-19-7-4-8-20-36/h3-34H,1-2H3. The van der Waals surface area contributed by atoms with E-state index in [1.54, 1.807) is 6.07 Å². The maximum Gasteiger partial charge on any atom is 0.207 e. The Bertz CT molecular complexity index is 3350. The third kappa shape index (κ3) is 4.95. The van der Waals surface area contributed by atoms with E-state index in [2.05, 4.69) is 129 Å². The van der Waals surface area contributed by atoms with Crippen molar-refractivity contribution in [2.24, 2.45) is 0 Å². The van der Waals surface area contributed by atoms with Crippen LogP contribution in [0.4, 0.5) is 0 Å². The van der Waals surface area contributed by atoms with Crippen LogP contribution in [0, 0.1) is 0 Å². The summed E-state index contributed by atoms with van der Waals surface area (Å²) in [5.74, 6) is 0.633. The van der Waals surface area contributed by atoms with Crippen LogP contribution < -0.4 is 0 Å². The SMILES string of the molecule is CC1(C)c2ccccc2-c2cc3c(cc21)S(=O)(=O)c1ccccc1C31c2ccccc2-c2ccccc2-c2ccc(-c3cc(-c4ccccc4)nc(-c4ccccc4)n3)cc21. The van der Waals surface area contributed by atoms with Crippen molar-refractivity contribution < 1.29 is 8.42 Å². The zero-order valence-corrected chi connectivity index (χ0v) is 34.4. The molecule has 1 aliphatic heterocycles. The third-order valence-electron chi connectivity index (χ3n) is 13.3.